The van der Waals surface area contributed by atoms with Crippen molar-refractivity contribution >= 4 is 5.97 Å². The maximum atomic E-state index is 11.2. The maximum Gasteiger partial charge on any atom is 0.352 e. The minimum Gasteiger partial charge on any atom is -0.477 e. The van der Waals surface area contributed by atoms with E-state index in [1.54, 1.807) is 16.9 Å². The van der Waals surface area contributed by atoms with Crippen molar-refractivity contribution in [3.8, 4) is 11.3 Å². The minimum atomic E-state index is -0.868. The van der Waals surface area contributed by atoms with E-state index in [4.69, 9.17) is 5.11 Å². The molecule has 17 heavy (non-hydrogen) atoms. The van der Waals surface area contributed by atoms with Gasteiger partial charge in [0.05, 0.1) is 11.9 Å². The van der Waals surface area contributed by atoms with Crippen molar-refractivity contribution in [3.63, 3.8) is 0 Å². The first-order valence-corrected chi connectivity index (χ1v) is 5.60. The molecule has 0 atom stereocenters. The lowest BCUT2D eigenvalue weighted by molar-refractivity contribution is 0.0685. The van der Waals surface area contributed by atoms with Gasteiger partial charge < -0.3 is 9.67 Å². The van der Waals surface area contributed by atoms with Gasteiger partial charge in [-0.3, -0.25) is 4.68 Å². The summed E-state index contributed by atoms with van der Waals surface area (Å²) in [6.45, 7) is 0. The Morgan fingerprint density at radius 2 is 2.24 bits per heavy atom. The number of hydrogen-bond acceptors (Lipinski definition) is 2. The third-order valence-corrected chi connectivity index (χ3v) is 3.05. The zero-order valence-corrected chi connectivity index (χ0v) is 9.50. The second kappa shape index (κ2) is 3.48. The van der Waals surface area contributed by atoms with Crippen LogP contribution in [0.25, 0.3) is 11.3 Å². The predicted octanol–water partition coefficient (Wildman–Crippen LogP) is 1.92. The van der Waals surface area contributed by atoms with Crippen molar-refractivity contribution in [2.75, 3.05) is 0 Å². The van der Waals surface area contributed by atoms with Crippen LogP contribution in [0.5, 0.6) is 0 Å². The standard InChI is InChI=1S/C12H13N3O2/c1-14-7-8(6-13-14)10-4-5-11(12(16)17)15(10)9-2-3-9/h4-7,9H,2-3H2,1H3,(H,16,17). The van der Waals surface area contributed by atoms with E-state index in [0.717, 1.165) is 24.1 Å². The van der Waals surface area contributed by atoms with Gasteiger partial charge in [0.2, 0.25) is 0 Å². The van der Waals surface area contributed by atoms with E-state index in [9.17, 15) is 4.79 Å². The molecule has 2 aromatic rings. The van der Waals surface area contributed by atoms with E-state index in [2.05, 4.69) is 5.10 Å². The van der Waals surface area contributed by atoms with Gasteiger partial charge >= 0.3 is 5.97 Å². The van der Waals surface area contributed by atoms with Gasteiger partial charge in [0.25, 0.3) is 0 Å². The van der Waals surface area contributed by atoms with Crippen LogP contribution in [0.4, 0.5) is 0 Å². The minimum absolute atomic E-state index is 0.339. The highest BCUT2D eigenvalue weighted by Gasteiger charge is 2.30. The Kier molecular flexibility index (Phi) is 2.07. The lowest BCUT2D eigenvalue weighted by Crippen LogP contribution is -2.07. The van der Waals surface area contributed by atoms with E-state index in [0.29, 0.717) is 11.7 Å². The number of aromatic nitrogens is 3. The van der Waals surface area contributed by atoms with Crippen molar-refractivity contribution in [1.29, 1.82) is 0 Å². The molecule has 0 radical (unpaired) electrons. The Balaban J connectivity index is 2.13. The Labute approximate surface area is 98.3 Å². The molecule has 1 aliphatic carbocycles. The number of hydrogen-bond donors (Lipinski definition) is 1. The van der Waals surface area contributed by atoms with Gasteiger partial charge in [-0.25, -0.2) is 4.79 Å². The zero-order valence-electron chi connectivity index (χ0n) is 9.50. The molecule has 5 heteroatoms. The smallest absolute Gasteiger partial charge is 0.352 e. The highest BCUT2D eigenvalue weighted by atomic mass is 16.4. The number of nitrogens with zero attached hydrogens (tertiary/aromatic N) is 3. The first-order chi connectivity index (χ1) is 8.16. The van der Waals surface area contributed by atoms with Crippen molar-refractivity contribution in [2.45, 2.75) is 18.9 Å². The summed E-state index contributed by atoms with van der Waals surface area (Å²) in [5.41, 5.74) is 2.27. The molecule has 0 unspecified atom stereocenters. The number of rotatable bonds is 3. The Morgan fingerprint density at radius 1 is 1.47 bits per heavy atom. The number of carbonyl (C=O) groups is 1. The molecule has 3 rings (SSSR count). The molecule has 1 fully saturated rings. The van der Waals surface area contributed by atoms with Gasteiger partial charge in [-0.15, -0.1) is 0 Å². The average molecular weight is 231 g/mol. The average Bonchev–Trinajstić information content (AvgIpc) is 2.87. The molecule has 0 spiro atoms. The van der Waals surface area contributed by atoms with Crippen LogP contribution in [0.15, 0.2) is 24.5 Å². The Hall–Kier alpha value is -2.04. The molecule has 2 aromatic heterocycles. The first-order valence-electron chi connectivity index (χ1n) is 5.60. The van der Waals surface area contributed by atoms with E-state index >= 15 is 0 Å². The fourth-order valence-electron chi connectivity index (χ4n) is 2.14. The van der Waals surface area contributed by atoms with Crippen LogP contribution in [0.3, 0.4) is 0 Å². The number of aromatic carboxylic acids is 1. The van der Waals surface area contributed by atoms with Gasteiger partial charge in [-0.05, 0) is 25.0 Å². The van der Waals surface area contributed by atoms with Crippen LogP contribution in [0.1, 0.15) is 29.4 Å². The summed E-state index contributed by atoms with van der Waals surface area (Å²) in [7, 11) is 1.85. The van der Waals surface area contributed by atoms with Gasteiger partial charge in [0.1, 0.15) is 5.69 Å². The number of carboxylic acids is 1. The first kappa shape index (κ1) is 10.1. The molecule has 1 aliphatic rings. The molecule has 1 N–H and O–H groups in total. The van der Waals surface area contributed by atoms with Gasteiger partial charge in [-0.1, -0.05) is 0 Å². The van der Waals surface area contributed by atoms with Gasteiger partial charge in [-0.2, -0.15) is 5.10 Å². The molecular formula is C12H13N3O2. The monoisotopic (exact) mass is 231 g/mol. The lowest BCUT2D eigenvalue weighted by atomic mass is 10.2. The van der Waals surface area contributed by atoms with Crippen molar-refractivity contribution in [3.05, 3.63) is 30.2 Å². The van der Waals surface area contributed by atoms with E-state index in [1.807, 2.05) is 23.9 Å². The van der Waals surface area contributed by atoms with Crippen molar-refractivity contribution < 1.29 is 9.90 Å². The summed E-state index contributed by atoms with van der Waals surface area (Å²) < 4.78 is 3.64. The largest absolute Gasteiger partial charge is 0.477 e. The predicted molar refractivity (Wildman–Crippen MR) is 61.9 cm³/mol. The lowest BCUT2D eigenvalue weighted by Gasteiger charge is -2.08. The Morgan fingerprint density at radius 3 is 2.76 bits per heavy atom. The van der Waals surface area contributed by atoms with Crippen LogP contribution >= 0.6 is 0 Å². The summed E-state index contributed by atoms with van der Waals surface area (Å²) >= 11 is 0. The van der Waals surface area contributed by atoms with E-state index < -0.39 is 5.97 Å². The van der Waals surface area contributed by atoms with Crippen LogP contribution in [-0.4, -0.2) is 25.4 Å². The van der Waals surface area contributed by atoms with Crippen molar-refractivity contribution in [1.82, 2.24) is 14.3 Å². The second-order valence-corrected chi connectivity index (χ2v) is 4.41. The molecule has 0 aromatic carbocycles. The summed E-state index contributed by atoms with van der Waals surface area (Å²) in [4.78, 5) is 11.2. The highest BCUT2D eigenvalue weighted by molar-refractivity contribution is 5.87. The molecule has 88 valence electrons. The number of carboxylic acid groups (broad SMARTS) is 1. The van der Waals surface area contributed by atoms with Gasteiger partial charge in [0.15, 0.2) is 0 Å². The van der Waals surface area contributed by atoms with E-state index in [-0.39, 0.29) is 0 Å². The fraction of sp³-hybridized carbons (Fsp3) is 0.333. The number of aryl methyl sites for hydroxylation is 1. The molecule has 0 saturated heterocycles. The van der Waals surface area contributed by atoms with Crippen LogP contribution in [-0.2, 0) is 7.05 Å². The topological polar surface area (TPSA) is 60.1 Å². The van der Waals surface area contributed by atoms with Crippen LogP contribution in [0, 0.1) is 0 Å². The zero-order chi connectivity index (χ0) is 12.0. The molecule has 1 saturated carbocycles. The SMILES string of the molecule is Cn1cc(-c2ccc(C(=O)O)n2C2CC2)cn1. The highest BCUT2D eigenvalue weighted by Crippen LogP contribution is 2.40. The third-order valence-electron chi connectivity index (χ3n) is 3.05. The summed E-state index contributed by atoms with van der Waals surface area (Å²) in [5, 5.41) is 13.3. The molecular weight excluding hydrogens is 218 g/mol. The van der Waals surface area contributed by atoms with Crippen LogP contribution < -0.4 is 0 Å². The van der Waals surface area contributed by atoms with Gasteiger partial charge in [0, 0.05) is 24.8 Å². The quantitative estimate of drug-likeness (QED) is 0.877. The molecule has 0 aliphatic heterocycles. The molecule has 0 bridgehead atoms. The summed E-state index contributed by atoms with van der Waals surface area (Å²) in [6, 6.07) is 3.87. The third kappa shape index (κ3) is 1.63. The normalized spacial score (nSPS) is 15.1. The molecule has 2 heterocycles. The fourth-order valence-corrected chi connectivity index (χ4v) is 2.14. The Bertz CT molecular complexity index is 578. The van der Waals surface area contributed by atoms with E-state index in [1.165, 1.54) is 0 Å². The summed E-state index contributed by atoms with van der Waals surface area (Å²) in [6.07, 6.45) is 5.78. The second-order valence-electron chi connectivity index (χ2n) is 4.41. The molecule has 0 amide bonds. The summed E-state index contributed by atoms with van der Waals surface area (Å²) in [5.74, 6) is -0.868. The molecule has 5 nitrogen and oxygen atoms in total. The van der Waals surface area contributed by atoms with Crippen LogP contribution in [0.2, 0.25) is 0 Å². The maximum absolute atomic E-state index is 11.2. The van der Waals surface area contributed by atoms with Crippen molar-refractivity contribution in [2.24, 2.45) is 7.05 Å².